The molecule has 9 nitrogen and oxygen atoms in total. The zero-order valence-electron chi connectivity index (χ0n) is 72.0. The van der Waals surface area contributed by atoms with E-state index in [-0.39, 0.29) is 36.1 Å². The van der Waals surface area contributed by atoms with E-state index in [9.17, 15) is 22.8 Å². The smallest absolute Gasteiger partial charge is 0.392 e. The first-order valence-electron chi connectivity index (χ1n) is 40.3. The maximum atomic E-state index is 12.2. The van der Waals surface area contributed by atoms with Gasteiger partial charge in [0.2, 0.25) is 5.91 Å². The van der Waals surface area contributed by atoms with Gasteiger partial charge in [0.15, 0.2) is 0 Å². The number of aliphatic hydroxyl groups is 5. The molecule has 1 aliphatic rings. The van der Waals surface area contributed by atoms with E-state index in [4.69, 9.17) is 31.3 Å². The Labute approximate surface area is 617 Å². The minimum Gasteiger partial charge on any atom is -0.469 e. The van der Waals surface area contributed by atoms with E-state index >= 15 is 0 Å². The Hall–Kier alpha value is -1.12. The van der Waals surface area contributed by atoms with Crippen LogP contribution in [0.3, 0.4) is 0 Å². The number of carbonyl (C=O) groups excluding carboxylic acids is 2. The summed E-state index contributed by atoms with van der Waals surface area (Å²) in [6.07, 6.45) is 19.8. The van der Waals surface area contributed by atoms with Crippen LogP contribution in [0.25, 0.3) is 0 Å². The highest BCUT2D eigenvalue weighted by Gasteiger charge is 2.40. The van der Waals surface area contributed by atoms with Gasteiger partial charge in [-0.15, -0.1) is 0 Å². The van der Waals surface area contributed by atoms with Crippen molar-refractivity contribution < 1.29 is 53.0 Å². The molecule has 0 aromatic rings. The molecule has 0 aromatic heterocycles. The van der Waals surface area contributed by atoms with Crippen LogP contribution in [0.4, 0.5) is 13.2 Å². The topological polar surface area (TPSA) is 171 Å². The minimum absolute atomic E-state index is 0.0677. The van der Waals surface area contributed by atoms with Crippen LogP contribution in [0.2, 0.25) is 0 Å². The molecule has 0 unspecified atom stereocenters. The Morgan fingerprint density at radius 3 is 0.980 bits per heavy atom. The summed E-state index contributed by atoms with van der Waals surface area (Å²) in [5.41, 5.74) is 5.18. The van der Waals surface area contributed by atoms with Crippen molar-refractivity contribution in [2.45, 2.75) is 350 Å². The number of ether oxygens (including phenoxy) is 1. The molecule has 0 radical (unpaired) electrons. The molecule has 1 fully saturated rings. The van der Waals surface area contributed by atoms with Gasteiger partial charge < -0.3 is 36.0 Å². The zero-order valence-corrected chi connectivity index (χ0v) is 72.9. The van der Waals surface area contributed by atoms with Gasteiger partial charge in [-0.3, -0.25) is 9.59 Å². The minimum atomic E-state index is -4.01. The van der Waals surface area contributed by atoms with Gasteiger partial charge in [0, 0.05) is 39.0 Å². The number of primary amides is 1. The lowest BCUT2D eigenvalue weighted by molar-refractivity contribution is -0.187. The van der Waals surface area contributed by atoms with E-state index in [2.05, 4.69) is 198 Å². The van der Waals surface area contributed by atoms with Crippen molar-refractivity contribution in [3.05, 3.63) is 0 Å². The summed E-state index contributed by atoms with van der Waals surface area (Å²) in [6, 6.07) is 0. The summed E-state index contributed by atoms with van der Waals surface area (Å²) in [5.74, 6) is 12.3. The van der Waals surface area contributed by atoms with Crippen molar-refractivity contribution in [2.24, 2.45) is 142 Å². The van der Waals surface area contributed by atoms with E-state index in [1.165, 1.54) is 77.1 Å². The van der Waals surface area contributed by atoms with Crippen LogP contribution in [0.1, 0.15) is 344 Å². The highest BCUT2D eigenvalue weighted by atomic mass is 32.2. The van der Waals surface area contributed by atoms with E-state index in [1.807, 2.05) is 25.6 Å². The Morgan fingerprint density at radius 1 is 0.439 bits per heavy atom. The number of esters is 1. The van der Waals surface area contributed by atoms with Crippen molar-refractivity contribution in [2.75, 3.05) is 52.2 Å². The lowest BCUT2D eigenvalue weighted by atomic mass is 9.86. The van der Waals surface area contributed by atoms with Crippen LogP contribution in [-0.4, -0.2) is 95.7 Å². The number of nitrogens with two attached hydrogens (primary N) is 1. The number of unbranched alkanes of at least 4 members (excludes halogenated alkanes) is 1. The van der Waals surface area contributed by atoms with Crippen molar-refractivity contribution >= 4 is 23.6 Å². The van der Waals surface area contributed by atoms with Gasteiger partial charge in [0.05, 0.1) is 18.9 Å². The maximum absolute atomic E-state index is 12.2. The van der Waals surface area contributed by atoms with E-state index in [1.54, 1.807) is 20.8 Å². The molecule has 0 bridgehead atoms. The number of halogens is 3. The lowest BCUT2D eigenvalue weighted by Gasteiger charge is -2.22. The number of hydrogen-bond acceptors (Lipinski definition) is 9. The molecule has 0 aliphatic heterocycles. The number of amides is 1. The molecule has 0 aromatic carbocycles. The number of thioether (sulfide) groups is 1. The highest BCUT2D eigenvalue weighted by molar-refractivity contribution is 7.98. The van der Waals surface area contributed by atoms with Crippen LogP contribution < -0.4 is 5.73 Å². The fourth-order valence-corrected chi connectivity index (χ4v) is 11.9. The summed E-state index contributed by atoms with van der Waals surface area (Å²) in [4.78, 5) is 21.9. The molecule has 9 atom stereocenters. The summed E-state index contributed by atoms with van der Waals surface area (Å²) in [5, 5.41) is 44.5. The first-order chi connectivity index (χ1) is 45.4. The van der Waals surface area contributed by atoms with Gasteiger partial charge in [0.1, 0.15) is 0 Å². The van der Waals surface area contributed by atoms with E-state index < -0.39 is 12.1 Å². The third kappa shape index (κ3) is 76.0. The van der Waals surface area contributed by atoms with Crippen LogP contribution in [0.5, 0.6) is 0 Å². The molecule has 602 valence electrons. The SMILES string of the molecule is CC(C)C(CO)C(C)C.CC(C)C[C@H](CO)C(C)C.CCCC[C@H](CO)C(C)C.CCC[C@@H](C(C)C)C(F)(F)F.CCC[C@H](C(=O)OC)C(C)C.CCC[C@H](C(N)=O)C(C)C.CCC[C@H](C)C(C)C.CCC[C@H](CO)C(C)C.CC[C@@H](CC1CC1)C(C)C.CSCC[C@H](CO)C(C)C. The third-order valence-electron chi connectivity index (χ3n) is 19.9. The predicted molar refractivity (Wildman–Crippen MR) is 431 cm³/mol. The number of alkyl halides is 3. The maximum Gasteiger partial charge on any atom is 0.392 e. The van der Waals surface area contributed by atoms with E-state index in [0.29, 0.717) is 122 Å². The first-order valence-corrected chi connectivity index (χ1v) is 41.7. The normalized spacial score (nSPS) is 14.8. The number of aliphatic hydroxyl groups excluding tert-OH is 5. The lowest BCUT2D eigenvalue weighted by Crippen LogP contribution is -2.27. The average molecular weight is 1440 g/mol. The molecule has 1 aliphatic carbocycles. The largest absolute Gasteiger partial charge is 0.469 e. The van der Waals surface area contributed by atoms with Gasteiger partial charge in [-0.2, -0.15) is 24.9 Å². The number of rotatable bonds is 39. The molecular weight excluding hydrogens is 1250 g/mol. The Kier molecular flexibility index (Phi) is 88.9. The standard InChI is InChI=1S/C10H20.C9H18O2.2C9H20O.C8H15F3.C8H17NO.C8H18OS.2C8H18O.C8H18/c1-4-10(8(2)3)7-9-5-6-9;1-5-6-8(7(2)3)9(10)11-4;1-7(2)5-9(6-10)8(3)4;1-4-5-6-9(7-10)8(2)3;1-4-5-7(6(2)3)8(9,10)11;1-4-5-7(6(2)3)8(9)10;1-7(2)8(6-9)4-5-10-3;1-6(2)8(5-9)7(3)4;1-4-5-8(6-9)7(2)3;1-5-6-8(4)7(2)3/h8-10H,4-7H2,1-3H3;7-8H,5-6H2,1-4H3;7-10H,5-6H2,1-4H3;8-10H,4-7H2,1-3H3;6-7H,4-5H2,1-3H3;6-7H,4-5H2,1-3H3,(H2,9,10);7-9H,4-6H2,1-3H3;6-9H,5H2,1-4H3;7-9H,4-6H2,1-3H3;7-8H,5-6H2,1-4H3/t10-;8-;2*9-;2*7-;8-;;2*8-/m0011001.10/s1. The molecule has 0 spiro atoms. The molecule has 0 saturated heterocycles. The second-order valence-electron chi connectivity index (χ2n) is 32.9. The van der Waals surface area contributed by atoms with Crippen LogP contribution in [0.15, 0.2) is 0 Å². The second kappa shape index (κ2) is 75.6. The Bertz CT molecular complexity index is 1540. The fraction of sp³-hybridized carbons (Fsp3) is 0.976. The molecule has 7 N–H and O–H groups in total. The zero-order chi connectivity index (χ0) is 79.0. The highest BCUT2D eigenvalue weighted by Crippen LogP contribution is 2.38. The van der Waals surface area contributed by atoms with Crippen LogP contribution in [-0.2, 0) is 14.3 Å². The summed E-state index contributed by atoms with van der Waals surface area (Å²) >= 11 is 1.85. The molecular formula is C85H182F3NO8S. The third-order valence-corrected chi connectivity index (χ3v) is 20.5. The molecule has 1 amide bonds. The van der Waals surface area contributed by atoms with Crippen molar-refractivity contribution in [1.29, 1.82) is 0 Å². The molecule has 1 rings (SSSR count). The quantitative estimate of drug-likeness (QED) is 0.0328. The van der Waals surface area contributed by atoms with Gasteiger partial charge in [0.25, 0.3) is 0 Å². The number of carbonyl (C=O) groups is 2. The van der Waals surface area contributed by atoms with Crippen LogP contribution >= 0.6 is 11.8 Å². The van der Waals surface area contributed by atoms with Gasteiger partial charge in [-0.05, 0) is 182 Å². The second-order valence-corrected chi connectivity index (χ2v) is 33.9. The summed E-state index contributed by atoms with van der Waals surface area (Å²) < 4.78 is 41.2. The van der Waals surface area contributed by atoms with Gasteiger partial charge in [-0.1, -0.05) is 292 Å². The molecule has 1 saturated carbocycles. The number of hydrogen-bond donors (Lipinski definition) is 6. The fourth-order valence-electron chi connectivity index (χ4n) is 11.3. The van der Waals surface area contributed by atoms with Gasteiger partial charge >= 0.3 is 12.1 Å². The molecule has 13 heteroatoms. The van der Waals surface area contributed by atoms with Crippen LogP contribution in [0, 0.1) is 136 Å². The van der Waals surface area contributed by atoms with Gasteiger partial charge in [-0.25, -0.2) is 0 Å². The molecule has 0 heterocycles. The Balaban J connectivity index is -0.000000128. The first kappa shape index (κ1) is 115. The van der Waals surface area contributed by atoms with Crippen molar-refractivity contribution in [1.82, 2.24) is 0 Å². The van der Waals surface area contributed by atoms with Crippen molar-refractivity contribution in [3.8, 4) is 0 Å². The number of methoxy groups -OCH3 is 1. The average Bonchev–Trinajstić information content (AvgIpc) is 1.24. The van der Waals surface area contributed by atoms with Crippen molar-refractivity contribution in [3.63, 3.8) is 0 Å². The van der Waals surface area contributed by atoms with E-state index in [0.717, 1.165) is 74.5 Å². The molecule has 98 heavy (non-hydrogen) atoms. The predicted octanol–water partition coefficient (Wildman–Crippen LogP) is 24.6. The Morgan fingerprint density at radius 2 is 0.806 bits per heavy atom. The monoisotopic (exact) mass is 1430 g/mol. The summed E-state index contributed by atoms with van der Waals surface area (Å²) in [7, 11) is 1.45. The summed E-state index contributed by atoms with van der Waals surface area (Å²) in [6.45, 7) is 70.0.